The number of hydrogen-bond acceptors (Lipinski definition) is 2. The number of carbonyl (C=O) groups excluding carboxylic acids is 1. The summed E-state index contributed by atoms with van der Waals surface area (Å²) in [5.74, 6) is -5.02. The van der Waals surface area contributed by atoms with Crippen molar-refractivity contribution in [1.82, 2.24) is 5.09 Å². The van der Waals surface area contributed by atoms with Crippen molar-refractivity contribution in [2.75, 3.05) is 0 Å². The molecule has 0 radical (unpaired) electrons. The average molecular weight is 242 g/mol. The molecular weight excluding hydrogens is 232 g/mol. The number of halogens is 2. The lowest BCUT2D eigenvalue weighted by molar-refractivity contribution is 0.0982. The van der Waals surface area contributed by atoms with E-state index in [1.807, 2.05) is 0 Å². The Labute approximate surface area is 90.7 Å². The van der Waals surface area contributed by atoms with Crippen molar-refractivity contribution in [2.24, 2.45) is 0 Å². The standard InChI is InChI=1S/C7H6Cl2NO2P/c8-13(9,12)10-7(11)6-4-2-1-3-5-6/h1-5H,(H,10,11,12)/i2D,3D,4D,5D. The number of nitrogens with one attached hydrogen (secondary N) is 1. The maximum absolute atomic E-state index is 11.5. The highest BCUT2D eigenvalue weighted by atomic mass is 35.9. The van der Waals surface area contributed by atoms with E-state index in [4.69, 9.17) is 28.0 Å². The summed E-state index contributed by atoms with van der Waals surface area (Å²) in [5, 5.41) is 1.71. The quantitative estimate of drug-likeness (QED) is 0.810. The molecule has 3 nitrogen and oxygen atoms in total. The van der Waals surface area contributed by atoms with Crippen LogP contribution < -0.4 is 5.09 Å². The normalized spacial score (nSPS) is 15.2. The zero-order valence-electron chi connectivity index (χ0n) is 10.1. The van der Waals surface area contributed by atoms with E-state index in [1.165, 1.54) is 0 Å². The summed E-state index contributed by atoms with van der Waals surface area (Å²) in [7, 11) is 0. The van der Waals surface area contributed by atoms with E-state index in [0.717, 1.165) is 6.07 Å². The second-order valence-corrected chi connectivity index (χ2v) is 6.48. The van der Waals surface area contributed by atoms with E-state index in [9.17, 15) is 9.36 Å². The van der Waals surface area contributed by atoms with E-state index in [-0.39, 0.29) is 0 Å². The molecule has 0 saturated carbocycles. The summed E-state index contributed by atoms with van der Waals surface area (Å²) in [4.78, 5) is 11.5. The first-order chi connectivity index (χ1) is 7.63. The Morgan fingerprint density at radius 1 is 1.46 bits per heavy atom. The predicted octanol–water partition coefficient (Wildman–Crippen LogP) is 3.00. The number of carbonyl (C=O) groups is 1. The maximum atomic E-state index is 11.5. The van der Waals surface area contributed by atoms with Crippen LogP contribution in [0.4, 0.5) is 0 Å². The highest BCUT2D eigenvalue weighted by molar-refractivity contribution is 8.07. The third-order valence-corrected chi connectivity index (χ3v) is 1.97. The zero-order valence-corrected chi connectivity index (χ0v) is 8.50. The van der Waals surface area contributed by atoms with Gasteiger partial charge in [0, 0.05) is 5.56 Å². The van der Waals surface area contributed by atoms with Crippen molar-refractivity contribution >= 4 is 34.4 Å². The minimum absolute atomic E-state index is 0.393. The van der Waals surface area contributed by atoms with Gasteiger partial charge in [0.05, 0.1) is 5.48 Å². The Bertz CT molecular complexity index is 507. The van der Waals surface area contributed by atoms with E-state index >= 15 is 0 Å². The van der Waals surface area contributed by atoms with Gasteiger partial charge in [0.1, 0.15) is 0 Å². The molecule has 0 aliphatic rings. The molecule has 1 N–H and O–H groups in total. The van der Waals surface area contributed by atoms with E-state index in [2.05, 4.69) is 0 Å². The first-order valence-electron chi connectivity index (χ1n) is 5.03. The molecule has 6 heteroatoms. The van der Waals surface area contributed by atoms with Crippen LogP contribution in [-0.4, -0.2) is 5.91 Å². The van der Waals surface area contributed by atoms with Crippen molar-refractivity contribution in [3.63, 3.8) is 0 Å². The lowest BCUT2D eigenvalue weighted by Crippen LogP contribution is -2.16. The Morgan fingerprint density at radius 2 is 2.00 bits per heavy atom. The Balaban J connectivity index is 3.31. The molecule has 0 unspecified atom stereocenters. The average Bonchev–Trinajstić information content (AvgIpc) is 2.12. The molecule has 0 aromatic heterocycles. The first kappa shape index (κ1) is 6.07. The van der Waals surface area contributed by atoms with Gasteiger partial charge < -0.3 is 0 Å². The fourth-order valence-corrected chi connectivity index (χ4v) is 1.38. The van der Waals surface area contributed by atoms with E-state index in [0.29, 0.717) is 0 Å². The van der Waals surface area contributed by atoms with Crippen LogP contribution in [0.1, 0.15) is 15.8 Å². The van der Waals surface area contributed by atoms with Gasteiger partial charge in [-0.3, -0.25) is 14.4 Å². The van der Waals surface area contributed by atoms with Gasteiger partial charge in [-0.1, -0.05) is 18.2 Å². The van der Waals surface area contributed by atoms with Gasteiger partial charge in [-0.2, -0.15) is 0 Å². The molecule has 0 bridgehead atoms. The Kier molecular flexibility index (Phi) is 1.93. The topological polar surface area (TPSA) is 46.2 Å². The summed E-state index contributed by atoms with van der Waals surface area (Å²) in [6.07, 6.45) is 0. The van der Waals surface area contributed by atoms with Gasteiger partial charge >= 0.3 is 6.00 Å². The van der Waals surface area contributed by atoms with Gasteiger partial charge in [0.15, 0.2) is 0 Å². The molecule has 1 aromatic rings. The van der Waals surface area contributed by atoms with Crippen LogP contribution in [0.15, 0.2) is 30.2 Å². The molecule has 70 valence electrons. The minimum Gasteiger partial charge on any atom is -0.279 e. The van der Waals surface area contributed by atoms with Crippen molar-refractivity contribution in [3.05, 3.63) is 35.8 Å². The molecular formula is C7H6Cl2NO2P. The largest absolute Gasteiger partial charge is 0.345 e. The molecule has 0 saturated heterocycles. The molecule has 1 rings (SSSR count). The van der Waals surface area contributed by atoms with Crippen molar-refractivity contribution in [3.8, 4) is 0 Å². The van der Waals surface area contributed by atoms with Gasteiger partial charge in [-0.05, 0) is 34.6 Å². The highest BCUT2D eigenvalue weighted by Gasteiger charge is 2.17. The molecule has 0 spiro atoms. The number of hydrogen-bond donors (Lipinski definition) is 1. The fraction of sp³-hybridized carbons (Fsp3) is 0. The van der Waals surface area contributed by atoms with Crippen LogP contribution in [0.2, 0.25) is 0 Å². The van der Waals surface area contributed by atoms with Crippen molar-refractivity contribution in [1.29, 1.82) is 0 Å². The molecule has 0 aliphatic carbocycles. The van der Waals surface area contributed by atoms with Crippen molar-refractivity contribution in [2.45, 2.75) is 0 Å². The highest BCUT2D eigenvalue weighted by Crippen LogP contribution is 2.52. The van der Waals surface area contributed by atoms with Crippen LogP contribution in [0.25, 0.3) is 0 Å². The molecule has 0 heterocycles. The summed E-state index contributed by atoms with van der Waals surface area (Å²) in [6.45, 7) is 0. The summed E-state index contributed by atoms with van der Waals surface area (Å²) in [6, 6.07) is -0.927. The van der Waals surface area contributed by atoms with Crippen LogP contribution in [0.5, 0.6) is 0 Å². The summed E-state index contributed by atoms with van der Waals surface area (Å²) < 4.78 is 40.5. The monoisotopic (exact) mass is 241 g/mol. The SMILES string of the molecule is [2H]c1cc([2H])c([2H])c(C(=O)NP(=O)(Cl)Cl)c1[2H]. The molecule has 0 atom stereocenters. The minimum atomic E-state index is -3.90. The third-order valence-electron chi connectivity index (χ3n) is 0.997. The second kappa shape index (κ2) is 4.14. The van der Waals surface area contributed by atoms with E-state index < -0.39 is 41.6 Å². The fourth-order valence-electron chi connectivity index (χ4n) is 0.571. The second-order valence-electron chi connectivity index (χ2n) is 1.96. The number of benzene rings is 1. The van der Waals surface area contributed by atoms with Gasteiger partial charge in [0.25, 0.3) is 5.91 Å². The maximum Gasteiger partial charge on any atom is 0.345 e. The Morgan fingerprint density at radius 3 is 2.46 bits per heavy atom. The first-order valence-corrected chi connectivity index (χ1v) is 6.54. The summed E-state index contributed by atoms with van der Waals surface area (Å²) >= 11 is 10.3. The van der Waals surface area contributed by atoms with Crippen LogP contribution in [0.3, 0.4) is 0 Å². The molecule has 1 aromatic carbocycles. The molecule has 0 aliphatic heterocycles. The number of rotatable bonds is 2. The van der Waals surface area contributed by atoms with Crippen LogP contribution >= 0.6 is 28.5 Å². The molecule has 0 fully saturated rings. The Hall–Kier alpha value is -0.500. The predicted molar refractivity (Wildman–Crippen MR) is 53.2 cm³/mol. The molecule has 1 amide bonds. The van der Waals surface area contributed by atoms with Crippen LogP contribution in [0, 0.1) is 0 Å². The van der Waals surface area contributed by atoms with E-state index in [1.54, 1.807) is 5.09 Å². The summed E-state index contributed by atoms with van der Waals surface area (Å²) in [5.41, 5.74) is -0.552. The lowest BCUT2D eigenvalue weighted by atomic mass is 10.2. The lowest BCUT2D eigenvalue weighted by Gasteiger charge is -2.04. The van der Waals surface area contributed by atoms with Gasteiger partial charge in [-0.25, -0.2) is 0 Å². The smallest absolute Gasteiger partial charge is 0.279 e. The van der Waals surface area contributed by atoms with Gasteiger partial charge in [0.2, 0.25) is 0 Å². The molecule has 13 heavy (non-hydrogen) atoms. The van der Waals surface area contributed by atoms with Crippen molar-refractivity contribution < 1.29 is 14.8 Å². The zero-order chi connectivity index (χ0) is 13.4. The van der Waals surface area contributed by atoms with Crippen LogP contribution in [-0.2, 0) is 4.57 Å². The number of amides is 1. The third kappa shape index (κ3) is 3.81. The van der Waals surface area contributed by atoms with Gasteiger partial charge in [-0.15, -0.1) is 0 Å².